The Labute approximate surface area is 170 Å². The molecule has 0 aliphatic carbocycles. The van der Waals surface area contributed by atoms with Crippen molar-refractivity contribution in [2.45, 2.75) is 39.7 Å². The van der Waals surface area contributed by atoms with Gasteiger partial charge in [0, 0.05) is 40.8 Å². The molecule has 28 heavy (non-hydrogen) atoms. The quantitative estimate of drug-likeness (QED) is 0.683. The van der Waals surface area contributed by atoms with E-state index in [4.69, 9.17) is 0 Å². The number of hydrogen-bond acceptors (Lipinski definition) is 4. The maximum Gasteiger partial charge on any atom is 0.225 e. The molecule has 2 aromatic heterocycles. The second-order valence-electron chi connectivity index (χ2n) is 7.58. The Balaban J connectivity index is 1.42. The zero-order valence-corrected chi connectivity index (χ0v) is 17.4. The fourth-order valence-electron chi connectivity index (χ4n) is 3.94. The number of carbonyl (C=O) groups is 1. The largest absolute Gasteiger partial charge is 0.355 e. The van der Waals surface area contributed by atoms with Gasteiger partial charge in [-0.15, -0.1) is 11.3 Å². The number of aromatic nitrogens is 1. The lowest BCUT2D eigenvalue weighted by Gasteiger charge is -2.33. The summed E-state index contributed by atoms with van der Waals surface area (Å²) in [7, 11) is 0. The molecule has 1 saturated heterocycles. The zero-order chi connectivity index (χ0) is 19.5. The fourth-order valence-corrected chi connectivity index (χ4v) is 4.85. The van der Waals surface area contributed by atoms with Crippen molar-refractivity contribution in [2.75, 3.05) is 18.0 Å². The van der Waals surface area contributed by atoms with Gasteiger partial charge in [0.15, 0.2) is 0 Å². The highest BCUT2D eigenvalue weighted by molar-refractivity contribution is 7.19. The highest BCUT2D eigenvalue weighted by Gasteiger charge is 2.27. The molecule has 3 heterocycles. The fraction of sp³-hybridized carbons (Fsp3) is 0.391. The van der Waals surface area contributed by atoms with Gasteiger partial charge in [0.1, 0.15) is 5.82 Å². The number of fused-ring (bicyclic) bond motifs is 1. The Morgan fingerprint density at radius 3 is 2.82 bits per heavy atom. The molecule has 1 unspecified atom stereocenters. The summed E-state index contributed by atoms with van der Waals surface area (Å²) >= 11 is 1.80. The van der Waals surface area contributed by atoms with Crippen molar-refractivity contribution < 1.29 is 4.79 Å². The third-order valence-electron chi connectivity index (χ3n) is 5.54. The molecule has 1 N–H and O–H groups in total. The predicted octanol–water partition coefficient (Wildman–Crippen LogP) is 4.70. The van der Waals surface area contributed by atoms with Gasteiger partial charge in [0.2, 0.25) is 5.91 Å². The van der Waals surface area contributed by atoms with Gasteiger partial charge in [-0.05, 0) is 49.4 Å². The zero-order valence-electron chi connectivity index (χ0n) is 16.6. The Morgan fingerprint density at radius 2 is 2.04 bits per heavy atom. The van der Waals surface area contributed by atoms with E-state index in [9.17, 15) is 4.79 Å². The van der Waals surface area contributed by atoms with Crippen LogP contribution in [0.15, 0.2) is 42.6 Å². The standard InChI is InChI=1S/C23H27N3OS/c1-3-17-6-8-18(9-7-17)14-25-23(27)19-5-4-12-26(15-19)22-20-13-16(2)28-21(20)10-11-24-22/h6-11,13,19H,3-5,12,14-15H2,1-2H3,(H,25,27). The van der Waals surface area contributed by atoms with Gasteiger partial charge in [0.25, 0.3) is 0 Å². The molecule has 0 radical (unpaired) electrons. The summed E-state index contributed by atoms with van der Waals surface area (Å²) in [5.74, 6) is 1.19. The van der Waals surface area contributed by atoms with Crippen LogP contribution in [-0.2, 0) is 17.8 Å². The van der Waals surface area contributed by atoms with Gasteiger partial charge in [0.05, 0.1) is 5.92 Å². The average Bonchev–Trinajstić information content (AvgIpc) is 3.12. The van der Waals surface area contributed by atoms with Crippen LogP contribution >= 0.6 is 11.3 Å². The summed E-state index contributed by atoms with van der Waals surface area (Å²) in [6.45, 7) is 6.58. The van der Waals surface area contributed by atoms with Crippen LogP contribution in [0.1, 0.15) is 35.8 Å². The first kappa shape index (κ1) is 18.9. The van der Waals surface area contributed by atoms with Crippen LogP contribution in [0.5, 0.6) is 0 Å². The molecule has 1 amide bonds. The van der Waals surface area contributed by atoms with Crippen LogP contribution in [0, 0.1) is 12.8 Å². The third kappa shape index (κ3) is 4.04. The van der Waals surface area contributed by atoms with E-state index in [1.165, 1.54) is 20.5 Å². The number of amides is 1. The molecule has 1 aromatic carbocycles. The van der Waals surface area contributed by atoms with E-state index < -0.39 is 0 Å². The first-order valence-corrected chi connectivity index (χ1v) is 10.9. The minimum absolute atomic E-state index is 0.0143. The molecular weight excluding hydrogens is 366 g/mol. The number of pyridine rings is 1. The summed E-state index contributed by atoms with van der Waals surface area (Å²) < 4.78 is 1.27. The normalized spacial score (nSPS) is 17.1. The van der Waals surface area contributed by atoms with Gasteiger partial charge < -0.3 is 10.2 Å². The molecule has 1 fully saturated rings. The number of anilines is 1. The number of rotatable bonds is 5. The van der Waals surface area contributed by atoms with E-state index in [2.05, 4.69) is 65.4 Å². The monoisotopic (exact) mass is 393 g/mol. The highest BCUT2D eigenvalue weighted by atomic mass is 32.1. The number of nitrogens with zero attached hydrogens (tertiary/aromatic N) is 2. The second-order valence-corrected chi connectivity index (χ2v) is 8.86. The lowest BCUT2D eigenvalue weighted by molar-refractivity contribution is -0.125. The van der Waals surface area contributed by atoms with Crippen molar-refractivity contribution in [1.29, 1.82) is 0 Å². The number of nitrogens with one attached hydrogen (secondary N) is 1. The Bertz CT molecular complexity index is 964. The van der Waals surface area contributed by atoms with Crippen LogP contribution in [0.25, 0.3) is 10.1 Å². The van der Waals surface area contributed by atoms with E-state index in [0.29, 0.717) is 6.54 Å². The lowest BCUT2D eigenvalue weighted by Crippen LogP contribution is -2.43. The van der Waals surface area contributed by atoms with Gasteiger partial charge in [-0.2, -0.15) is 0 Å². The Kier molecular flexibility index (Phi) is 5.62. The van der Waals surface area contributed by atoms with Gasteiger partial charge in [-0.25, -0.2) is 4.98 Å². The molecule has 146 valence electrons. The van der Waals surface area contributed by atoms with E-state index in [-0.39, 0.29) is 11.8 Å². The van der Waals surface area contributed by atoms with Crippen LogP contribution in [0.3, 0.4) is 0 Å². The molecule has 4 rings (SSSR count). The van der Waals surface area contributed by atoms with Gasteiger partial charge in [-0.1, -0.05) is 31.2 Å². The predicted molar refractivity (Wildman–Crippen MR) is 117 cm³/mol. The van der Waals surface area contributed by atoms with E-state index in [1.807, 2.05) is 6.20 Å². The summed E-state index contributed by atoms with van der Waals surface area (Å²) in [5, 5.41) is 4.35. The minimum Gasteiger partial charge on any atom is -0.355 e. The van der Waals surface area contributed by atoms with E-state index in [1.54, 1.807) is 11.3 Å². The third-order valence-corrected chi connectivity index (χ3v) is 6.55. The molecule has 0 bridgehead atoms. The summed E-state index contributed by atoms with van der Waals surface area (Å²) in [5.41, 5.74) is 2.47. The molecular formula is C23H27N3OS. The molecule has 0 saturated carbocycles. The first-order chi connectivity index (χ1) is 13.6. The number of benzene rings is 1. The number of piperidine rings is 1. The van der Waals surface area contributed by atoms with Crippen LogP contribution in [0.2, 0.25) is 0 Å². The van der Waals surface area contributed by atoms with Crippen molar-refractivity contribution in [3.05, 3.63) is 58.6 Å². The van der Waals surface area contributed by atoms with Crippen molar-refractivity contribution in [2.24, 2.45) is 5.92 Å². The van der Waals surface area contributed by atoms with Crippen molar-refractivity contribution in [3.63, 3.8) is 0 Å². The van der Waals surface area contributed by atoms with Gasteiger partial charge >= 0.3 is 0 Å². The smallest absolute Gasteiger partial charge is 0.225 e. The maximum absolute atomic E-state index is 12.8. The minimum atomic E-state index is 0.0143. The lowest BCUT2D eigenvalue weighted by atomic mass is 9.96. The van der Waals surface area contributed by atoms with E-state index in [0.717, 1.165) is 43.7 Å². The van der Waals surface area contributed by atoms with Crippen molar-refractivity contribution in [1.82, 2.24) is 10.3 Å². The van der Waals surface area contributed by atoms with Crippen molar-refractivity contribution >= 4 is 33.1 Å². The molecule has 3 aromatic rings. The molecule has 1 atom stereocenters. The van der Waals surface area contributed by atoms with E-state index >= 15 is 0 Å². The maximum atomic E-state index is 12.8. The Hall–Kier alpha value is -2.40. The van der Waals surface area contributed by atoms with Crippen LogP contribution in [-0.4, -0.2) is 24.0 Å². The molecule has 1 aliphatic rings. The number of carbonyl (C=O) groups excluding carboxylic acids is 1. The summed E-state index contributed by atoms with van der Waals surface area (Å²) in [6.07, 6.45) is 4.88. The first-order valence-electron chi connectivity index (χ1n) is 10.1. The topological polar surface area (TPSA) is 45.2 Å². The number of aryl methyl sites for hydroxylation is 2. The number of hydrogen-bond donors (Lipinski definition) is 1. The number of thiophene rings is 1. The average molecular weight is 394 g/mol. The molecule has 1 aliphatic heterocycles. The molecule has 4 nitrogen and oxygen atoms in total. The van der Waals surface area contributed by atoms with Crippen molar-refractivity contribution in [3.8, 4) is 0 Å². The summed E-state index contributed by atoms with van der Waals surface area (Å²) in [4.78, 5) is 21.0. The highest BCUT2D eigenvalue weighted by Crippen LogP contribution is 2.33. The van der Waals surface area contributed by atoms with Crippen LogP contribution < -0.4 is 10.2 Å². The molecule has 0 spiro atoms. The van der Waals surface area contributed by atoms with Crippen LogP contribution in [0.4, 0.5) is 5.82 Å². The SMILES string of the molecule is CCc1ccc(CNC(=O)C2CCCN(c3nccc4sc(C)cc34)C2)cc1. The van der Waals surface area contributed by atoms with Gasteiger partial charge in [-0.3, -0.25) is 4.79 Å². The summed E-state index contributed by atoms with van der Waals surface area (Å²) in [6, 6.07) is 12.8. The molecule has 5 heteroatoms. The second kappa shape index (κ2) is 8.31. The Morgan fingerprint density at radius 1 is 1.25 bits per heavy atom.